The standard InChI is InChI=1S/C21H21N3O3/c1-12-10-15(16(26)11-13(12)2)18-17-19(23-22-18)21(27)24(8-9-25)20(17)14-6-4-3-5-7-14/h3-7,10-11,20,25-26H,8-9H2,1-2H3,(H,22,23)/t20-/m0/s1. The highest BCUT2D eigenvalue weighted by molar-refractivity contribution is 6.00. The van der Waals surface area contributed by atoms with E-state index in [1.165, 1.54) is 0 Å². The van der Waals surface area contributed by atoms with Crippen LogP contribution < -0.4 is 0 Å². The molecule has 1 aromatic heterocycles. The van der Waals surface area contributed by atoms with Gasteiger partial charge in [0.05, 0.1) is 12.6 Å². The minimum Gasteiger partial charge on any atom is -0.507 e. The molecule has 1 atom stereocenters. The molecule has 0 radical (unpaired) electrons. The number of nitrogens with zero attached hydrogens (tertiary/aromatic N) is 2. The smallest absolute Gasteiger partial charge is 0.273 e. The Labute approximate surface area is 157 Å². The molecule has 3 N–H and O–H groups in total. The van der Waals surface area contributed by atoms with E-state index in [1.54, 1.807) is 11.0 Å². The van der Waals surface area contributed by atoms with E-state index < -0.39 is 0 Å². The maximum absolute atomic E-state index is 12.9. The number of benzene rings is 2. The first kappa shape index (κ1) is 17.3. The number of hydrogen-bond acceptors (Lipinski definition) is 4. The number of β-amino-alcohol motifs (C(OH)–C–C–N with tert-alkyl or cyclic N) is 1. The molecule has 2 heterocycles. The van der Waals surface area contributed by atoms with Gasteiger partial charge < -0.3 is 15.1 Å². The minimum atomic E-state index is -0.365. The topological polar surface area (TPSA) is 89.5 Å². The van der Waals surface area contributed by atoms with Gasteiger partial charge in [0.15, 0.2) is 0 Å². The van der Waals surface area contributed by atoms with Crippen LogP contribution in [0.3, 0.4) is 0 Å². The highest BCUT2D eigenvalue weighted by atomic mass is 16.3. The zero-order valence-electron chi connectivity index (χ0n) is 15.2. The second-order valence-electron chi connectivity index (χ2n) is 6.85. The normalized spacial score (nSPS) is 16.0. The monoisotopic (exact) mass is 363 g/mol. The van der Waals surface area contributed by atoms with Crippen LogP contribution in [0.2, 0.25) is 0 Å². The SMILES string of the molecule is Cc1cc(O)c(-c2n[nH]c3c2[C@H](c2ccccc2)N(CCO)C3=O)cc1C. The first-order valence-corrected chi connectivity index (χ1v) is 8.88. The van der Waals surface area contributed by atoms with E-state index in [2.05, 4.69) is 10.2 Å². The lowest BCUT2D eigenvalue weighted by Crippen LogP contribution is -2.32. The molecule has 0 spiro atoms. The summed E-state index contributed by atoms with van der Waals surface area (Å²) in [5.74, 6) is -0.0674. The van der Waals surface area contributed by atoms with Gasteiger partial charge >= 0.3 is 0 Å². The number of aromatic hydroxyl groups is 1. The predicted octanol–water partition coefficient (Wildman–Crippen LogP) is 2.94. The number of aliphatic hydroxyl groups excluding tert-OH is 1. The van der Waals surface area contributed by atoms with Crippen LogP contribution in [-0.4, -0.2) is 44.4 Å². The molecular weight excluding hydrogens is 342 g/mol. The summed E-state index contributed by atoms with van der Waals surface area (Å²) in [7, 11) is 0. The van der Waals surface area contributed by atoms with Crippen molar-refractivity contribution >= 4 is 5.91 Å². The lowest BCUT2D eigenvalue weighted by Gasteiger charge is -2.25. The predicted molar refractivity (Wildman–Crippen MR) is 102 cm³/mol. The highest BCUT2D eigenvalue weighted by Crippen LogP contribution is 2.44. The number of phenols is 1. The van der Waals surface area contributed by atoms with Crippen molar-refractivity contribution in [3.05, 3.63) is 70.4 Å². The minimum absolute atomic E-state index is 0.128. The average Bonchev–Trinajstić information content (AvgIpc) is 3.19. The summed E-state index contributed by atoms with van der Waals surface area (Å²) < 4.78 is 0. The Balaban J connectivity index is 1.93. The fraction of sp³-hybridized carbons (Fsp3) is 0.238. The number of H-pyrrole nitrogens is 1. The van der Waals surface area contributed by atoms with Crippen LogP contribution in [-0.2, 0) is 0 Å². The number of amides is 1. The van der Waals surface area contributed by atoms with Gasteiger partial charge in [-0.3, -0.25) is 9.89 Å². The third-order valence-corrected chi connectivity index (χ3v) is 5.19. The molecule has 0 saturated heterocycles. The summed E-state index contributed by atoms with van der Waals surface area (Å²) in [5.41, 5.74) is 5.25. The third-order valence-electron chi connectivity index (χ3n) is 5.19. The Kier molecular flexibility index (Phi) is 4.20. The summed E-state index contributed by atoms with van der Waals surface area (Å²) in [6.07, 6.45) is 0. The van der Waals surface area contributed by atoms with E-state index in [-0.39, 0.29) is 30.9 Å². The van der Waals surface area contributed by atoms with Gasteiger partial charge in [0.1, 0.15) is 17.1 Å². The number of nitrogens with one attached hydrogen (secondary N) is 1. The van der Waals surface area contributed by atoms with Crippen LogP contribution in [0.15, 0.2) is 42.5 Å². The number of carbonyl (C=O) groups is 1. The van der Waals surface area contributed by atoms with E-state index in [0.717, 1.165) is 22.3 Å². The lowest BCUT2D eigenvalue weighted by molar-refractivity contribution is 0.0706. The van der Waals surface area contributed by atoms with Crippen LogP contribution in [0.5, 0.6) is 5.75 Å². The maximum Gasteiger partial charge on any atom is 0.273 e. The van der Waals surface area contributed by atoms with Crippen molar-refractivity contribution < 1.29 is 15.0 Å². The number of phenolic OH excluding ortho intramolecular Hbond substituents is 1. The molecule has 138 valence electrons. The second-order valence-corrected chi connectivity index (χ2v) is 6.85. The second kappa shape index (κ2) is 6.55. The highest BCUT2D eigenvalue weighted by Gasteiger charge is 2.42. The van der Waals surface area contributed by atoms with Crippen molar-refractivity contribution in [2.75, 3.05) is 13.2 Å². The largest absolute Gasteiger partial charge is 0.507 e. The number of hydrogen-bond donors (Lipinski definition) is 3. The molecule has 0 bridgehead atoms. The summed E-state index contributed by atoms with van der Waals surface area (Å²) >= 11 is 0. The van der Waals surface area contributed by atoms with Crippen molar-refractivity contribution in [2.45, 2.75) is 19.9 Å². The zero-order valence-corrected chi connectivity index (χ0v) is 15.2. The van der Waals surface area contributed by atoms with Crippen LogP contribution in [0.25, 0.3) is 11.3 Å². The van der Waals surface area contributed by atoms with E-state index in [0.29, 0.717) is 17.0 Å². The van der Waals surface area contributed by atoms with Crippen molar-refractivity contribution in [2.24, 2.45) is 0 Å². The van der Waals surface area contributed by atoms with E-state index >= 15 is 0 Å². The Bertz CT molecular complexity index is 1010. The first-order valence-electron chi connectivity index (χ1n) is 8.88. The molecule has 0 fully saturated rings. The van der Waals surface area contributed by atoms with Crippen molar-refractivity contribution in [1.82, 2.24) is 15.1 Å². The Morgan fingerprint density at radius 2 is 1.85 bits per heavy atom. The molecule has 27 heavy (non-hydrogen) atoms. The van der Waals surface area contributed by atoms with Crippen molar-refractivity contribution in [3.63, 3.8) is 0 Å². The summed E-state index contributed by atoms with van der Waals surface area (Å²) in [6.45, 7) is 4.01. The fourth-order valence-corrected chi connectivity index (χ4v) is 3.71. The molecule has 6 nitrogen and oxygen atoms in total. The Hall–Kier alpha value is -3.12. The molecule has 3 aromatic rings. The van der Waals surface area contributed by atoms with E-state index in [1.807, 2.05) is 50.2 Å². The average molecular weight is 363 g/mol. The first-order chi connectivity index (χ1) is 13.0. The van der Waals surface area contributed by atoms with E-state index in [9.17, 15) is 15.0 Å². The summed E-state index contributed by atoms with van der Waals surface area (Å²) in [5, 5.41) is 27.2. The van der Waals surface area contributed by atoms with E-state index in [4.69, 9.17) is 0 Å². The Morgan fingerprint density at radius 3 is 2.56 bits per heavy atom. The number of aliphatic hydroxyl groups is 1. The number of aryl methyl sites for hydroxylation is 2. The number of rotatable bonds is 4. The van der Waals surface area contributed by atoms with Gasteiger partial charge in [0.25, 0.3) is 5.91 Å². The molecule has 0 aliphatic carbocycles. The maximum atomic E-state index is 12.9. The molecule has 6 heteroatoms. The van der Waals surface area contributed by atoms with Crippen molar-refractivity contribution in [1.29, 1.82) is 0 Å². The molecule has 0 saturated carbocycles. The zero-order chi connectivity index (χ0) is 19.1. The summed E-state index contributed by atoms with van der Waals surface area (Å²) in [6, 6.07) is 12.9. The van der Waals surface area contributed by atoms with Crippen LogP contribution in [0.1, 0.15) is 38.8 Å². The summed E-state index contributed by atoms with van der Waals surface area (Å²) in [4.78, 5) is 14.5. The van der Waals surface area contributed by atoms with Gasteiger partial charge in [0.2, 0.25) is 0 Å². The van der Waals surface area contributed by atoms with Gasteiger partial charge in [-0.25, -0.2) is 0 Å². The molecule has 2 aromatic carbocycles. The van der Waals surface area contributed by atoms with Crippen LogP contribution in [0.4, 0.5) is 0 Å². The molecule has 0 unspecified atom stereocenters. The van der Waals surface area contributed by atoms with Crippen molar-refractivity contribution in [3.8, 4) is 17.0 Å². The fourth-order valence-electron chi connectivity index (χ4n) is 3.71. The quantitative estimate of drug-likeness (QED) is 0.665. The number of fused-ring (bicyclic) bond motifs is 1. The van der Waals surface area contributed by atoms with Crippen LogP contribution >= 0.6 is 0 Å². The molecular formula is C21H21N3O3. The van der Waals surface area contributed by atoms with Gasteiger partial charge in [-0.15, -0.1) is 0 Å². The molecule has 1 amide bonds. The molecule has 1 aliphatic heterocycles. The Morgan fingerprint density at radius 1 is 1.15 bits per heavy atom. The van der Waals surface area contributed by atoms with Gasteiger partial charge in [-0.2, -0.15) is 5.10 Å². The van der Waals surface area contributed by atoms with Gasteiger partial charge in [-0.1, -0.05) is 30.3 Å². The molecule has 4 rings (SSSR count). The molecule has 1 aliphatic rings. The lowest BCUT2D eigenvalue weighted by atomic mass is 9.94. The van der Waals surface area contributed by atoms with Gasteiger partial charge in [0, 0.05) is 17.7 Å². The van der Waals surface area contributed by atoms with Crippen LogP contribution in [0, 0.1) is 13.8 Å². The third kappa shape index (κ3) is 2.69. The number of aromatic amines is 1. The van der Waals surface area contributed by atoms with Gasteiger partial charge in [-0.05, 0) is 42.7 Å². The number of carbonyl (C=O) groups excluding carboxylic acids is 1. The number of aromatic nitrogens is 2.